The van der Waals surface area contributed by atoms with Crippen molar-refractivity contribution in [1.29, 1.82) is 0 Å². The Labute approximate surface area is 294 Å². The Kier molecular flexibility index (Phi) is 12.0. The first kappa shape index (κ1) is 35.0. The van der Waals surface area contributed by atoms with Gasteiger partial charge in [-0.1, -0.05) is 12.1 Å². The van der Waals surface area contributed by atoms with Crippen LogP contribution in [0.5, 0.6) is 23.0 Å². The Balaban J connectivity index is 1.12. The van der Waals surface area contributed by atoms with Crippen LogP contribution in [-0.2, 0) is 23.7 Å². The molecule has 0 bridgehead atoms. The van der Waals surface area contributed by atoms with E-state index in [1.165, 1.54) is 0 Å². The van der Waals surface area contributed by atoms with Gasteiger partial charge in [-0.15, -0.1) is 0 Å². The van der Waals surface area contributed by atoms with Gasteiger partial charge >= 0.3 is 0 Å². The highest BCUT2D eigenvalue weighted by Crippen LogP contribution is 2.37. The van der Waals surface area contributed by atoms with Gasteiger partial charge < -0.3 is 43.0 Å². The lowest BCUT2D eigenvalue weighted by Crippen LogP contribution is -2.27. The van der Waals surface area contributed by atoms with Crippen molar-refractivity contribution in [2.75, 3.05) is 26.4 Å². The Bertz CT molecular complexity index is 1380. The molecule has 50 heavy (non-hydrogen) atoms. The molecule has 4 heterocycles. The summed E-state index contributed by atoms with van der Waals surface area (Å²) in [4.78, 5) is 13.9. The standard InChI is InChI=1S/C40H50O10/c41-31-25-29(21-27-13-15-32(47-36-9-1-5-17-43-36)34(23-27)49-38-11-3-7-19-45-38)40(42)30(26-31)22-28-14-16-33(48-37-10-2-6-18-44-37)35(24-28)50-39-12-4-8-20-46-39/h13-16,21-24,31,36-39,41H,1-12,17-20,25-26H2/b29-21+,30-22+. The van der Waals surface area contributed by atoms with Crippen molar-refractivity contribution in [1.82, 2.24) is 0 Å². The molecule has 4 atom stereocenters. The summed E-state index contributed by atoms with van der Waals surface area (Å²) >= 11 is 0. The molecule has 0 aromatic heterocycles. The van der Waals surface area contributed by atoms with E-state index in [1.54, 1.807) is 0 Å². The van der Waals surface area contributed by atoms with Crippen molar-refractivity contribution in [2.24, 2.45) is 0 Å². The van der Waals surface area contributed by atoms with Gasteiger partial charge in [-0.3, -0.25) is 4.79 Å². The number of carbonyl (C=O) groups is 1. The summed E-state index contributed by atoms with van der Waals surface area (Å²) in [5.41, 5.74) is 2.61. The van der Waals surface area contributed by atoms with Gasteiger partial charge in [0.05, 0.1) is 32.5 Å². The lowest BCUT2D eigenvalue weighted by Gasteiger charge is -2.27. The van der Waals surface area contributed by atoms with Gasteiger partial charge in [-0.25, -0.2) is 0 Å². The highest BCUT2D eigenvalue weighted by Gasteiger charge is 2.28. The molecular formula is C40H50O10. The van der Waals surface area contributed by atoms with E-state index < -0.39 is 6.10 Å². The summed E-state index contributed by atoms with van der Waals surface area (Å²) in [5.74, 6) is 2.18. The number of aliphatic hydroxyl groups is 1. The van der Waals surface area contributed by atoms with Gasteiger partial charge in [0.15, 0.2) is 53.9 Å². The van der Waals surface area contributed by atoms with Gasteiger partial charge in [0.25, 0.3) is 0 Å². The number of ketones is 1. The van der Waals surface area contributed by atoms with E-state index in [0.29, 0.717) is 60.6 Å². The number of benzene rings is 2. The zero-order valence-corrected chi connectivity index (χ0v) is 28.9. The average Bonchev–Trinajstić information content (AvgIpc) is 3.14. The normalized spacial score (nSPS) is 29.5. The van der Waals surface area contributed by atoms with Gasteiger partial charge in [0.1, 0.15) is 0 Å². The second-order valence-corrected chi connectivity index (χ2v) is 13.8. The minimum Gasteiger partial charge on any atom is -0.461 e. The van der Waals surface area contributed by atoms with Crippen molar-refractivity contribution in [2.45, 2.75) is 121 Å². The van der Waals surface area contributed by atoms with E-state index in [1.807, 2.05) is 48.6 Å². The van der Waals surface area contributed by atoms with Crippen molar-refractivity contribution in [3.63, 3.8) is 0 Å². The molecule has 1 N–H and O–H groups in total. The fraction of sp³-hybridized carbons (Fsp3) is 0.575. The third kappa shape index (κ3) is 9.47. The summed E-state index contributed by atoms with van der Waals surface area (Å²) in [6.45, 7) is 2.66. The van der Waals surface area contributed by atoms with Crippen LogP contribution in [0.4, 0.5) is 0 Å². The van der Waals surface area contributed by atoms with Gasteiger partial charge in [-0.05, 0) is 98.9 Å². The highest BCUT2D eigenvalue weighted by molar-refractivity contribution is 6.14. The first-order valence-corrected chi connectivity index (χ1v) is 18.6. The number of carbonyl (C=O) groups excluding carboxylic acids is 1. The summed E-state index contributed by atoms with van der Waals surface area (Å²) < 4.78 is 48.5. The van der Waals surface area contributed by atoms with Crippen LogP contribution in [0.1, 0.15) is 101 Å². The largest absolute Gasteiger partial charge is 0.461 e. The van der Waals surface area contributed by atoms with E-state index >= 15 is 0 Å². The Morgan fingerprint density at radius 2 is 0.880 bits per heavy atom. The molecule has 4 unspecified atom stereocenters. The number of Topliss-reactive ketones (excluding diaryl/α,β-unsaturated/α-hetero) is 1. The van der Waals surface area contributed by atoms with Crippen LogP contribution in [0.15, 0.2) is 47.5 Å². The minimum atomic E-state index is -0.694. The summed E-state index contributed by atoms with van der Waals surface area (Å²) in [6, 6.07) is 11.3. The van der Waals surface area contributed by atoms with Crippen molar-refractivity contribution in [3.8, 4) is 23.0 Å². The molecule has 0 radical (unpaired) electrons. The van der Waals surface area contributed by atoms with E-state index in [0.717, 1.165) is 88.2 Å². The van der Waals surface area contributed by atoms with Crippen LogP contribution in [0.25, 0.3) is 12.2 Å². The van der Waals surface area contributed by atoms with E-state index in [4.69, 9.17) is 37.9 Å². The molecule has 2 aromatic rings. The molecule has 2 aromatic carbocycles. The topological polar surface area (TPSA) is 111 Å². The Morgan fingerprint density at radius 1 is 0.520 bits per heavy atom. The van der Waals surface area contributed by atoms with E-state index in [2.05, 4.69) is 0 Å². The summed E-state index contributed by atoms with van der Waals surface area (Å²) in [7, 11) is 0. The minimum absolute atomic E-state index is 0.0988. The maximum Gasteiger partial charge on any atom is 0.200 e. The van der Waals surface area contributed by atoms with Gasteiger partial charge in [0, 0.05) is 49.7 Å². The van der Waals surface area contributed by atoms with Gasteiger partial charge in [0.2, 0.25) is 0 Å². The zero-order chi connectivity index (χ0) is 34.1. The van der Waals surface area contributed by atoms with E-state index in [-0.39, 0.29) is 43.8 Å². The van der Waals surface area contributed by atoms with Crippen LogP contribution in [0.3, 0.4) is 0 Å². The first-order valence-electron chi connectivity index (χ1n) is 18.6. The third-order valence-corrected chi connectivity index (χ3v) is 9.70. The fourth-order valence-corrected chi connectivity index (χ4v) is 7.01. The molecule has 270 valence electrons. The highest BCUT2D eigenvalue weighted by atomic mass is 16.7. The van der Waals surface area contributed by atoms with Crippen LogP contribution < -0.4 is 18.9 Å². The van der Waals surface area contributed by atoms with Crippen LogP contribution in [0, 0.1) is 0 Å². The monoisotopic (exact) mass is 690 g/mol. The van der Waals surface area contributed by atoms with Crippen molar-refractivity contribution >= 4 is 17.9 Å². The molecule has 7 rings (SSSR count). The number of rotatable bonds is 10. The third-order valence-electron chi connectivity index (χ3n) is 9.70. The molecule has 1 aliphatic carbocycles. The molecule has 5 aliphatic rings. The molecule has 0 amide bonds. The van der Waals surface area contributed by atoms with Crippen molar-refractivity contribution in [3.05, 3.63) is 58.7 Å². The smallest absolute Gasteiger partial charge is 0.200 e. The summed E-state index contributed by atoms with van der Waals surface area (Å²) in [6.07, 6.45) is 13.6. The second kappa shape index (κ2) is 17.2. The molecule has 10 heteroatoms. The molecule has 0 spiro atoms. The lowest BCUT2D eigenvalue weighted by molar-refractivity contribution is -0.119. The Hall–Kier alpha value is -3.41. The van der Waals surface area contributed by atoms with E-state index in [9.17, 15) is 9.90 Å². The van der Waals surface area contributed by atoms with Crippen molar-refractivity contribution < 1.29 is 47.8 Å². The lowest BCUT2D eigenvalue weighted by atomic mass is 9.85. The van der Waals surface area contributed by atoms with Crippen LogP contribution in [-0.4, -0.2) is 68.6 Å². The predicted molar refractivity (Wildman–Crippen MR) is 186 cm³/mol. The van der Waals surface area contributed by atoms with Crippen LogP contribution >= 0.6 is 0 Å². The maximum absolute atomic E-state index is 13.9. The molecule has 1 saturated carbocycles. The SMILES string of the molecule is O=C1/C(=C/c2ccc(OC3CCCCO3)c(OC3CCCCO3)c2)CC(O)C/C1=C\c1ccc(OC2CCCCO2)c(OC2CCCCO2)c1. The second-order valence-electron chi connectivity index (χ2n) is 13.8. The predicted octanol–water partition coefficient (Wildman–Crippen LogP) is 7.50. The molecule has 4 saturated heterocycles. The van der Waals surface area contributed by atoms with Crippen LogP contribution in [0.2, 0.25) is 0 Å². The number of aliphatic hydroxyl groups excluding tert-OH is 1. The molecule has 4 aliphatic heterocycles. The Morgan fingerprint density at radius 3 is 1.22 bits per heavy atom. The number of hydrogen-bond donors (Lipinski definition) is 1. The number of ether oxygens (including phenoxy) is 8. The fourth-order valence-electron chi connectivity index (χ4n) is 7.01. The number of hydrogen-bond acceptors (Lipinski definition) is 10. The quantitative estimate of drug-likeness (QED) is 0.252. The average molecular weight is 691 g/mol. The molecular weight excluding hydrogens is 640 g/mol. The maximum atomic E-state index is 13.9. The first-order chi connectivity index (χ1) is 24.6. The summed E-state index contributed by atoms with van der Waals surface area (Å²) in [5, 5.41) is 10.9. The molecule has 10 nitrogen and oxygen atoms in total. The zero-order valence-electron chi connectivity index (χ0n) is 28.9. The molecule has 5 fully saturated rings. The van der Waals surface area contributed by atoms with Gasteiger partial charge in [-0.2, -0.15) is 0 Å².